The second-order valence-electron chi connectivity index (χ2n) is 6.96. The Kier molecular flexibility index (Phi) is 7.96. The summed E-state index contributed by atoms with van der Waals surface area (Å²) in [7, 11) is 0. The molecule has 0 bridgehead atoms. The van der Waals surface area contributed by atoms with E-state index in [0.29, 0.717) is 23.7 Å². The van der Waals surface area contributed by atoms with Crippen molar-refractivity contribution in [2.45, 2.75) is 6.92 Å². The van der Waals surface area contributed by atoms with Crippen LogP contribution in [0.4, 0.5) is 11.4 Å². The van der Waals surface area contributed by atoms with Gasteiger partial charge in [0.25, 0.3) is 11.8 Å². The Morgan fingerprint density at radius 3 is 2.00 bits per heavy atom. The van der Waals surface area contributed by atoms with Crippen molar-refractivity contribution in [1.82, 2.24) is 0 Å². The van der Waals surface area contributed by atoms with Crippen molar-refractivity contribution in [2.75, 3.05) is 23.8 Å². The summed E-state index contributed by atoms with van der Waals surface area (Å²) in [5.74, 6) is -2.35. The van der Waals surface area contributed by atoms with Crippen LogP contribution in [0.25, 0.3) is 0 Å². The number of hydrogen-bond donors (Lipinski definition) is 3. The summed E-state index contributed by atoms with van der Waals surface area (Å²) >= 11 is 0. The number of benzene rings is 3. The van der Waals surface area contributed by atoms with Crippen molar-refractivity contribution in [2.24, 2.45) is 0 Å². The zero-order valence-corrected chi connectivity index (χ0v) is 18.2. The van der Waals surface area contributed by atoms with E-state index in [4.69, 9.17) is 9.47 Å². The third-order valence-corrected chi connectivity index (χ3v) is 4.56. The summed E-state index contributed by atoms with van der Waals surface area (Å²) in [4.78, 5) is 48.0. The van der Waals surface area contributed by atoms with Gasteiger partial charge in [-0.05, 0) is 67.6 Å². The highest BCUT2D eigenvalue weighted by molar-refractivity contribution is 6.10. The molecule has 0 spiro atoms. The van der Waals surface area contributed by atoms with Crippen molar-refractivity contribution in [3.8, 4) is 5.75 Å². The third kappa shape index (κ3) is 6.42. The van der Waals surface area contributed by atoms with Crippen molar-refractivity contribution in [1.29, 1.82) is 0 Å². The van der Waals surface area contributed by atoms with Gasteiger partial charge in [0.05, 0.1) is 23.3 Å². The maximum absolute atomic E-state index is 12.4. The van der Waals surface area contributed by atoms with Gasteiger partial charge < -0.3 is 25.2 Å². The van der Waals surface area contributed by atoms with Gasteiger partial charge >= 0.3 is 11.9 Å². The fourth-order valence-electron chi connectivity index (χ4n) is 2.97. The van der Waals surface area contributed by atoms with Crippen LogP contribution in [0.15, 0.2) is 72.8 Å². The molecule has 2 amide bonds. The van der Waals surface area contributed by atoms with E-state index in [1.54, 1.807) is 30.3 Å². The molecule has 9 heteroatoms. The fraction of sp³-hybridized carbons (Fsp3) is 0.120. The van der Waals surface area contributed by atoms with Gasteiger partial charge in [-0.2, -0.15) is 0 Å². The van der Waals surface area contributed by atoms with E-state index in [1.165, 1.54) is 42.5 Å². The minimum atomic E-state index is -1.21. The van der Waals surface area contributed by atoms with E-state index in [0.717, 1.165) is 0 Å². The minimum Gasteiger partial charge on any atom is -0.494 e. The molecular formula is C25H22N2O7. The maximum atomic E-state index is 12.4. The van der Waals surface area contributed by atoms with E-state index in [2.05, 4.69) is 10.6 Å². The van der Waals surface area contributed by atoms with Crippen LogP contribution in [0.5, 0.6) is 5.75 Å². The Morgan fingerprint density at radius 2 is 1.38 bits per heavy atom. The molecule has 174 valence electrons. The first-order valence-corrected chi connectivity index (χ1v) is 10.3. The zero-order valence-electron chi connectivity index (χ0n) is 18.2. The maximum Gasteiger partial charge on any atom is 0.338 e. The third-order valence-electron chi connectivity index (χ3n) is 4.56. The number of carbonyl (C=O) groups excluding carboxylic acids is 3. The molecule has 3 aromatic rings. The molecule has 0 aliphatic heterocycles. The summed E-state index contributed by atoms with van der Waals surface area (Å²) in [6.45, 7) is 1.93. The molecule has 0 radical (unpaired) electrons. The number of ether oxygens (including phenoxy) is 2. The molecule has 3 rings (SSSR count). The van der Waals surface area contributed by atoms with E-state index >= 15 is 0 Å². The van der Waals surface area contributed by atoms with E-state index in [9.17, 15) is 24.3 Å². The van der Waals surface area contributed by atoms with Gasteiger partial charge in [-0.25, -0.2) is 9.59 Å². The second kappa shape index (κ2) is 11.3. The van der Waals surface area contributed by atoms with Gasteiger partial charge in [0.2, 0.25) is 0 Å². The standard InChI is InChI=1S/C25H22N2O7/c1-2-33-19-13-11-17(12-14-19)26-22(28)15-34-25(32)16-7-9-18(10-8-16)27-23(29)20-5-3-4-6-21(20)24(30)31/h3-14H,2,15H2,1H3,(H,26,28)(H,27,29)(H,30,31). The number of carboxylic acid groups (broad SMARTS) is 1. The molecule has 9 nitrogen and oxygen atoms in total. The van der Waals surface area contributed by atoms with Gasteiger partial charge in [-0.15, -0.1) is 0 Å². The molecule has 0 saturated heterocycles. The van der Waals surface area contributed by atoms with Crippen LogP contribution in [0.2, 0.25) is 0 Å². The van der Waals surface area contributed by atoms with Crippen LogP contribution in [-0.2, 0) is 9.53 Å². The lowest BCUT2D eigenvalue weighted by atomic mass is 10.1. The molecule has 0 atom stereocenters. The molecular weight excluding hydrogens is 440 g/mol. The lowest BCUT2D eigenvalue weighted by molar-refractivity contribution is -0.119. The molecule has 0 heterocycles. The molecule has 0 aliphatic rings. The molecule has 3 aromatic carbocycles. The molecule has 0 aliphatic carbocycles. The average Bonchev–Trinajstić information content (AvgIpc) is 2.84. The van der Waals surface area contributed by atoms with Crippen LogP contribution >= 0.6 is 0 Å². The van der Waals surface area contributed by atoms with Gasteiger partial charge in [0.1, 0.15) is 5.75 Å². The van der Waals surface area contributed by atoms with E-state index in [1.807, 2.05) is 6.92 Å². The topological polar surface area (TPSA) is 131 Å². The Morgan fingerprint density at radius 1 is 0.794 bits per heavy atom. The number of esters is 1. The van der Waals surface area contributed by atoms with E-state index in [-0.39, 0.29) is 16.7 Å². The SMILES string of the molecule is CCOc1ccc(NC(=O)COC(=O)c2ccc(NC(=O)c3ccccc3C(=O)O)cc2)cc1. The summed E-state index contributed by atoms with van der Waals surface area (Å²) < 4.78 is 10.4. The van der Waals surface area contributed by atoms with Crippen LogP contribution < -0.4 is 15.4 Å². The number of amides is 2. The molecule has 0 aromatic heterocycles. The first kappa shape index (κ1) is 24.0. The summed E-state index contributed by atoms with van der Waals surface area (Å²) in [6, 6.07) is 18.4. The number of rotatable bonds is 9. The second-order valence-corrected chi connectivity index (χ2v) is 6.96. The van der Waals surface area contributed by atoms with Crippen molar-refractivity contribution < 1.29 is 33.8 Å². The predicted octanol–water partition coefficient (Wildman–Crippen LogP) is 3.83. The first-order valence-electron chi connectivity index (χ1n) is 10.3. The summed E-state index contributed by atoms with van der Waals surface area (Å²) in [6.07, 6.45) is 0. The number of aromatic carboxylic acids is 1. The molecule has 0 unspecified atom stereocenters. The summed E-state index contributed by atoms with van der Waals surface area (Å²) in [5, 5.41) is 14.4. The predicted molar refractivity (Wildman–Crippen MR) is 124 cm³/mol. The highest BCUT2D eigenvalue weighted by Crippen LogP contribution is 2.16. The molecule has 34 heavy (non-hydrogen) atoms. The van der Waals surface area contributed by atoms with Crippen molar-refractivity contribution in [3.63, 3.8) is 0 Å². The van der Waals surface area contributed by atoms with Crippen molar-refractivity contribution in [3.05, 3.63) is 89.5 Å². The quantitative estimate of drug-likeness (QED) is 0.412. The molecule has 0 fully saturated rings. The number of anilines is 2. The van der Waals surface area contributed by atoms with Gasteiger partial charge in [0, 0.05) is 11.4 Å². The highest BCUT2D eigenvalue weighted by atomic mass is 16.5. The van der Waals surface area contributed by atoms with E-state index < -0.39 is 30.4 Å². The largest absolute Gasteiger partial charge is 0.494 e. The Balaban J connectivity index is 1.52. The number of nitrogens with one attached hydrogen (secondary N) is 2. The number of carbonyl (C=O) groups is 4. The summed E-state index contributed by atoms with van der Waals surface area (Å²) in [5.41, 5.74) is 0.961. The van der Waals surface area contributed by atoms with Gasteiger partial charge in [0.15, 0.2) is 6.61 Å². The van der Waals surface area contributed by atoms with Gasteiger partial charge in [-0.3, -0.25) is 9.59 Å². The monoisotopic (exact) mass is 462 g/mol. The Labute approximate surface area is 195 Å². The molecule has 3 N–H and O–H groups in total. The lowest BCUT2D eigenvalue weighted by Crippen LogP contribution is -2.21. The first-order chi connectivity index (χ1) is 16.4. The van der Waals surface area contributed by atoms with Crippen LogP contribution in [0.3, 0.4) is 0 Å². The lowest BCUT2D eigenvalue weighted by Gasteiger charge is -2.09. The van der Waals surface area contributed by atoms with Crippen LogP contribution in [0.1, 0.15) is 38.0 Å². The normalized spacial score (nSPS) is 10.1. The fourth-order valence-corrected chi connectivity index (χ4v) is 2.97. The smallest absolute Gasteiger partial charge is 0.338 e. The number of hydrogen-bond acceptors (Lipinski definition) is 6. The number of carboxylic acids is 1. The minimum absolute atomic E-state index is 0.0111. The van der Waals surface area contributed by atoms with Gasteiger partial charge in [-0.1, -0.05) is 12.1 Å². The van der Waals surface area contributed by atoms with Crippen LogP contribution in [0, 0.1) is 0 Å². The Bertz CT molecular complexity index is 1190. The molecule has 0 saturated carbocycles. The highest BCUT2D eigenvalue weighted by Gasteiger charge is 2.16. The van der Waals surface area contributed by atoms with Crippen LogP contribution in [-0.4, -0.2) is 42.1 Å². The average molecular weight is 462 g/mol. The zero-order chi connectivity index (χ0) is 24.5. The van der Waals surface area contributed by atoms with Crippen molar-refractivity contribution >= 4 is 35.1 Å². The Hall–Kier alpha value is -4.66.